The molecule has 3 aromatic rings. The van der Waals surface area contributed by atoms with Crippen LogP contribution < -0.4 is 10.6 Å². The van der Waals surface area contributed by atoms with Crippen LogP contribution in [-0.2, 0) is 22.4 Å². The molecule has 9 heteroatoms. The normalized spacial score (nSPS) is 16.6. The number of carbonyl (C=O) groups is 3. The van der Waals surface area contributed by atoms with E-state index >= 15 is 0 Å². The van der Waals surface area contributed by atoms with Gasteiger partial charge in [0.2, 0.25) is 0 Å². The monoisotopic (exact) mass is 523 g/mol. The zero-order valence-corrected chi connectivity index (χ0v) is 20.9. The van der Waals surface area contributed by atoms with Crippen molar-refractivity contribution in [3.8, 4) is 0 Å². The van der Waals surface area contributed by atoms with Crippen molar-refractivity contribution in [2.45, 2.75) is 26.2 Å². The van der Waals surface area contributed by atoms with Crippen LogP contribution in [0.25, 0.3) is 0 Å². The highest BCUT2D eigenvalue weighted by Crippen LogP contribution is 2.41. The molecule has 1 amide bonds. The molecule has 184 valence electrons. The zero-order valence-electron chi connectivity index (χ0n) is 19.3. The van der Waals surface area contributed by atoms with Crippen molar-refractivity contribution in [2.75, 3.05) is 10.6 Å². The maximum Gasteiger partial charge on any atom is 0.303 e. The highest BCUT2D eigenvalue weighted by Gasteiger charge is 2.44. The quantitative estimate of drug-likeness (QED) is 0.327. The van der Waals surface area contributed by atoms with Crippen LogP contribution in [0.1, 0.15) is 34.8 Å². The first-order chi connectivity index (χ1) is 17.2. The molecule has 2 aromatic carbocycles. The summed E-state index contributed by atoms with van der Waals surface area (Å²) < 4.78 is 0. The molecule has 36 heavy (non-hydrogen) atoms. The van der Waals surface area contributed by atoms with Gasteiger partial charge in [0.1, 0.15) is 0 Å². The van der Waals surface area contributed by atoms with Crippen LogP contribution in [0.2, 0.25) is 10.0 Å². The minimum Gasteiger partial charge on any atom is -0.481 e. The Morgan fingerprint density at radius 1 is 1.06 bits per heavy atom. The van der Waals surface area contributed by atoms with Crippen molar-refractivity contribution >= 4 is 52.2 Å². The number of allylic oxidation sites excluding steroid dienone is 2. The van der Waals surface area contributed by atoms with Crippen LogP contribution in [0.5, 0.6) is 0 Å². The molecule has 3 N–H and O–H groups in total. The van der Waals surface area contributed by atoms with Crippen LogP contribution in [0, 0.1) is 5.41 Å². The van der Waals surface area contributed by atoms with Crippen molar-refractivity contribution in [3.05, 3.63) is 99.4 Å². The largest absolute Gasteiger partial charge is 0.481 e. The van der Waals surface area contributed by atoms with Crippen molar-refractivity contribution in [1.82, 2.24) is 4.98 Å². The van der Waals surface area contributed by atoms with E-state index < -0.39 is 17.3 Å². The zero-order chi connectivity index (χ0) is 25.9. The molecule has 0 bridgehead atoms. The second-order valence-electron chi connectivity index (χ2n) is 8.74. The van der Waals surface area contributed by atoms with Crippen LogP contribution in [0.4, 0.5) is 11.4 Å². The lowest BCUT2D eigenvalue weighted by atomic mass is 9.69. The third-order valence-corrected chi connectivity index (χ3v) is 6.71. The van der Waals surface area contributed by atoms with Gasteiger partial charge in [-0.2, -0.15) is 0 Å². The number of pyridine rings is 1. The fraction of sp³-hybridized carbons (Fsp3) is 0.185. The van der Waals surface area contributed by atoms with Crippen LogP contribution in [0.15, 0.2) is 72.7 Å². The second-order valence-corrected chi connectivity index (χ2v) is 9.55. The summed E-state index contributed by atoms with van der Waals surface area (Å²) in [5.74, 6) is -1.43. The lowest BCUT2D eigenvalue weighted by Crippen LogP contribution is -2.42. The van der Waals surface area contributed by atoms with E-state index in [9.17, 15) is 19.5 Å². The summed E-state index contributed by atoms with van der Waals surface area (Å²) in [6.07, 6.45) is 4.93. The highest BCUT2D eigenvalue weighted by atomic mass is 35.5. The van der Waals surface area contributed by atoms with E-state index in [1.165, 1.54) is 12.4 Å². The Morgan fingerprint density at radius 2 is 1.75 bits per heavy atom. The molecule has 4 rings (SSSR count). The minimum atomic E-state index is -0.924. The second kappa shape index (κ2) is 10.5. The number of nitrogens with zero attached hydrogens (tertiary/aromatic N) is 1. The molecular weight excluding hydrogens is 501 g/mol. The van der Waals surface area contributed by atoms with E-state index in [0.29, 0.717) is 17.8 Å². The molecule has 0 fully saturated rings. The fourth-order valence-corrected chi connectivity index (χ4v) is 4.60. The van der Waals surface area contributed by atoms with E-state index in [4.69, 9.17) is 23.2 Å². The van der Waals surface area contributed by atoms with Gasteiger partial charge < -0.3 is 15.7 Å². The van der Waals surface area contributed by atoms with Gasteiger partial charge in [0.05, 0.1) is 21.0 Å². The number of carboxylic acid groups (broad SMARTS) is 1. The molecule has 7 nitrogen and oxygen atoms in total. The summed E-state index contributed by atoms with van der Waals surface area (Å²) in [6, 6.07) is 14.8. The summed E-state index contributed by atoms with van der Waals surface area (Å²) in [5.41, 5.74) is 2.87. The molecule has 0 saturated carbocycles. The van der Waals surface area contributed by atoms with Crippen LogP contribution >= 0.6 is 23.2 Å². The Morgan fingerprint density at radius 3 is 2.39 bits per heavy atom. The number of anilines is 2. The molecular formula is C27H23Cl2N3O4. The van der Waals surface area contributed by atoms with Crippen molar-refractivity contribution < 1.29 is 19.5 Å². The smallest absolute Gasteiger partial charge is 0.303 e. The third-order valence-electron chi connectivity index (χ3n) is 6.14. The number of benzene rings is 2. The molecule has 1 aliphatic rings. The first-order valence-corrected chi connectivity index (χ1v) is 12.0. The molecule has 0 unspecified atom stereocenters. The molecule has 0 aliphatic heterocycles. The fourth-order valence-electron chi connectivity index (χ4n) is 4.06. The molecule has 0 saturated heterocycles. The Hall–Kier alpha value is -3.68. The van der Waals surface area contributed by atoms with Gasteiger partial charge in [0.25, 0.3) is 5.91 Å². The predicted octanol–water partition coefficient (Wildman–Crippen LogP) is 5.79. The lowest BCUT2D eigenvalue weighted by Gasteiger charge is -2.38. The van der Waals surface area contributed by atoms with Crippen LogP contribution in [-0.4, -0.2) is 27.8 Å². The number of aromatic nitrogens is 1. The molecule has 1 atom stereocenters. The number of nitrogens with one attached hydrogen (secondary N) is 2. The Labute approximate surface area is 218 Å². The summed E-state index contributed by atoms with van der Waals surface area (Å²) in [4.78, 5) is 40.5. The third kappa shape index (κ3) is 5.42. The number of carboxylic acids is 1. The SMILES string of the molecule is C[C@]1(Cc2ccccc2)C(=O)C=C1Nc1cc(NC(=O)c2c(Cl)cncc2Cl)ccc1CCC(=O)O. The number of hydrogen-bond donors (Lipinski definition) is 3. The predicted molar refractivity (Wildman–Crippen MR) is 140 cm³/mol. The molecule has 1 aliphatic carbocycles. The number of carbonyl (C=O) groups excluding carboxylic acids is 2. The van der Waals surface area contributed by atoms with Gasteiger partial charge in [-0.15, -0.1) is 0 Å². The van der Waals surface area contributed by atoms with Gasteiger partial charge in [-0.25, -0.2) is 0 Å². The summed E-state index contributed by atoms with van der Waals surface area (Å²) >= 11 is 12.2. The van der Waals surface area contributed by atoms with E-state index in [0.717, 1.165) is 16.8 Å². The molecule has 0 spiro atoms. The van der Waals surface area contributed by atoms with E-state index in [1.807, 2.05) is 37.3 Å². The van der Waals surface area contributed by atoms with Crippen LogP contribution in [0.3, 0.4) is 0 Å². The van der Waals surface area contributed by atoms with Gasteiger partial charge in [0.15, 0.2) is 5.78 Å². The number of hydrogen-bond acceptors (Lipinski definition) is 5. The Kier molecular flexibility index (Phi) is 7.43. The number of aliphatic carboxylic acids is 1. The van der Waals surface area contributed by atoms with Crippen molar-refractivity contribution in [3.63, 3.8) is 0 Å². The maximum absolute atomic E-state index is 12.8. The lowest BCUT2D eigenvalue weighted by molar-refractivity contribution is -0.137. The summed E-state index contributed by atoms with van der Waals surface area (Å²) in [7, 11) is 0. The van der Waals surface area contributed by atoms with Gasteiger partial charge in [-0.1, -0.05) is 59.6 Å². The Balaban J connectivity index is 1.61. The molecule has 1 heterocycles. The summed E-state index contributed by atoms with van der Waals surface area (Å²) in [5, 5.41) is 15.5. The van der Waals surface area contributed by atoms with Crippen molar-refractivity contribution in [2.24, 2.45) is 5.41 Å². The molecule has 1 aromatic heterocycles. The average molecular weight is 524 g/mol. The van der Waals surface area contributed by atoms with Gasteiger partial charge in [-0.3, -0.25) is 19.4 Å². The molecule has 0 radical (unpaired) electrons. The Bertz CT molecular complexity index is 1350. The first kappa shape index (κ1) is 25.4. The summed E-state index contributed by atoms with van der Waals surface area (Å²) in [6.45, 7) is 1.88. The number of rotatable bonds is 9. The highest BCUT2D eigenvalue weighted by molar-refractivity contribution is 6.40. The van der Waals surface area contributed by atoms with Gasteiger partial charge >= 0.3 is 5.97 Å². The number of ketones is 1. The minimum absolute atomic E-state index is 0.00682. The average Bonchev–Trinajstić information content (AvgIpc) is 2.83. The van der Waals surface area contributed by atoms with Gasteiger partial charge in [0, 0.05) is 42.0 Å². The van der Waals surface area contributed by atoms with Gasteiger partial charge in [-0.05, 0) is 43.0 Å². The number of halogens is 2. The van der Waals surface area contributed by atoms with Crippen molar-refractivity contribution in [1.29, 1.82) is 0 Å². The first-order valence-electron chi connectivity index (χ1n) is 11.2. The standard InChI is InChI=1S/C27H23Cl2N3O4/c1-27(13-16-5-3-2-4-6-16)22(12-23(27)33)32-21-11-18(9-7-17(21)8-10-24(34)35)31-26(36)25-19(28)14-30-15-20(25)29/h2-7,9,11-12,14-15,32H,8,10,13H2,1H3,(H,31,36)(H,34,35)/t27-/m1/s1. The van der Waals surface area contributed by atoms with E-state index in [2.05, 4.69) is 15.6 Å². The van der Waals surface area contributed by atoms with E-state index in [1.54, 1.807) is 24.3 Å². The number of amides is 1. The topological polar surface area (TPSA) is 108 Å². The maximum atomic E-state index is 12.8. The number of aryl methyl sites for hydroxylation is 1. The van der Waals surface area contributed by atoms with E-state index in [-0.39, 0.29) is 34.2 Å².